The van der Waals surface area contributed by atoms with Gasteiger partial charge in [-0.05, 0) is 12.1 Å². The van der Waals surface area contributed by atoms with Crippen LogP contribution in [0, 0.1) is 0 Å². The molecule has 0 amide bonds. The van der Waals surface area contributed by atoms with E-state index in [4.69, 9.17) is 0 Å². The molecule has 0 radical (unpaired) electrons. The molecule has 0 heterocycles. The van der Waals surface area contributed by atoms with E-state index in [2.05, 4.69) is 12.5 Å². The van der Waals surface area contributed by atoms with Gasteiger partial charge in [0.25, 0.3) is 35.8 Å². The van der Waals surface area contributed by atoms with Gasteiger partial charge in [0.1, 0.15) is 0 Å². The van der Waals surface area contributed by atoms with Crippen LogP contribution in [0.2, 0.25) is 0 Å². The third-order valence-electron chi connectivity index (χ3n) is 2.98. The summed E-state index contributed by atoms with van der Waals surface area (Å²) in [4.78, 5) is 0. The number of benzene rings is 1. The Morgan fingerprint density at radius 2 is 0.788 bits per heavy atom. The lowest BCUT2D eigenvalue weighted by molar-refractivity contribution is 0.0850. The normalized spacial score (nSPS) is 16.0. The average Bonchev–Trinajstić information content (AvgIpc) is 2.67. The summed E-state index contributed by atoms with van der Waals surface area (Å²) in [5, 5.41) is 0. The number of hydrogen-bond donors (Lipinski definition) is 0. The Labute approximate surface area is 179 Å². The molecule has 1 aromatic carbocycles. The molecule has 33 heavy (non-hydrogen) atoms. The van der Waals surface area contributed by atoms with E-state index in [1.165, 1.54) is 0 Å². The first-order valence-electron chi connectivity index (χ1n) is 7.53. The van der Waals surface area contributed by atoms with Crippen molar-refractivity contribution in [2.24, 2.45) is 0 Å². The average molecular weight is 564 g/mol. The molecule has 0 saturated heterocycles. The van der Waals surface area contributed by atoms with Crippen molar-refractivity contribution < 1.29 is 77.3 Å². The molecule has 0 spiro atoms. The van der Waals surface area contributed by atoms with Gasteiger partial charge in [0.15, 0.2) is 11.5 Å². The SMILES string of the molecule is O=S(=O)(Oc1cccc(OS(=O)(=O)C(F)C(F)F)c1OS(=O)(=O)C(F)C(F)F)C(F)C(F)F. The molecule has 3 unspecified atom stereocenters. The van der Waals surface area contributed by atoms with Crippen LogP contribution in [0.15, 0.2) is 18.2 Å². The second kappa shape index (κ2) is 10.4. The first kappa shape index (κ1) is 28.9. The minimum Gasteiger partial charge on any atom is -0.376 e. The van der Waals surface area contributed by atoms with E-state index in [1.807, 2.05) is 0 Å². The van der Waals surface area contributed by atoms with Crippen molar-refractivity contribution in [3.05, 3.63) is 18.2 Å². The Bertz CT molecular complexity index is 1080. The summed E-state index contributed by atoms with van der Waals surface area (Å²) >= 11 is 0. The van der Waals surface area contributed by atoms with Gasteiger partial charge in [0, 0.05) is 0 Å². The summed E-state index contributed by atoms with van der Waals surface area (Å²) in [7, 11) is -18.3. The van der Waals surface area contributed by atoms with Gasteiger partial charge in [-0.1, -0.05) is 6.07 Å². The number of rotatable bonds is 12. The van der Waals surface area contributed by atoms with E-state index in [0.29, 0.717) is 6.07 Å². The highest BCUT2D eigenvalue weighted by molar-refractivity contribution is 7.88. The molecule has 0 fully saturated rings. The molecule has 0 aliphatic carbocycles. The molecule has 192 valence electrons. The predicted octanol–water partition coefficient (Wildman–Crippen LogP) is 2.49. The molecule has 0 N–H and O–H groups in total. The maximum absolute atomic E-state index is 13.3. The van der Waals surface area contributed by atoms with Gasteiger partial charge in [-0.15, -0.1) is 0 Å². The van der Waals surface area contributed by atoms with Crippen LogP contribution in [0.25, 0.3) is 0 Å². The maximum Gasteiger partial charge on any atom is 0.348 e. The molecule has 3 atom stereocenters. The maximum atomic E-state index is 13.3. The quantitative estimate of drug-likeness (QED) is 0.278. The molecule has 0 aliphatic heterocycles. The minimum absolute atomic E-state index is 0.218. The Morgan fingerprint density at radius 3 is 1.06 bits per heavy atom. The molecule has 21 heteroatoms. The van der Waals surface area contributed by atoms with Crippen molar-refractivity contribution in [2.75, 3.05) is 0 Å². The third kappa shape index (κ3) is 7.16. The third-order valence-corrected chi connectivity index (χ3v) is 6.47. The molecule has 1 aromatic rings. The van der Waals surface area contributed by atoms with Crippen LogP contribution >= 0.6 is 0 Å². The molecule has 9 nitrogen and oxygen atoms in total. The number of hydrogen-bond acceptors (Lipinski definition) is 9. The summed E-state index contributed by atoms with van der Waals surface area (Å²) in [5.74, 6) is -5.58. The van der Waals surface area contributed by atoms with Crippen LogP contribution in [0.4, 0.5) is 39.5 Å². The van der Waals surface area contributed by atoms with Crippen molar-refractivity contribution in [2.45, 2.75) is 35.8 Å². The summed E-state index contributed by atoms with van der Waals surface area (Å²) in [5.41, 5.74) is -12.4. The van der Waals surface area contributed by atoms with Gasteiger partial charge in [-0.3, -0.25) is 0 Å². The van der Waals surface area contributed by atoms with Crippen molar-refractivity contribution in [3.8, 4) is 17.2 Å². The van der Waals surface area contributed by atoms with Gasteiger partial charge in [-0.25, -0.2) is 39.5 Å². The molecule has 0 aliphatic rings. The monoisotopic (exact) mass is 564 g/mol. The lowest BCUT2D eigenvalue weighted by Gasteiger charge is -2.18. The first-order chi connectivity index (χ1) is 14.8. The van der Waals surface area contributed by atoms with Crippen LogP contribution in [0.1, 0.15) is 0 Å². The lowest BCUT2D eigenvalue weighted by atomic mass is 10.3. The fraction of sp³-hybridized carbons (Fsp3) is 0.500. The van der Waals surface area contributed by atoms with Crippen molar-refractivity contribution in [1.82, 2.24) is 0 Å². The zero-order chi connectivity index (χ0) is 25.9. The molecular weight excluding hydrogens is 555 g/mol. The van der Waals surface area contributed by atoms with Gasteiger partial charge < -0.3 is 12.5 Å². The van der Waals surface area contributed by atoms with Crippen LogP contribution < -0.4 is 12.5 Å². The first-order valence-corrected chi connectivity index (χ1v) is 11.9. The summed E-state index contributed by atoms with van der Waals surface area (Å²) in [6.07, 6.45) is -12.8. The largest absolute Gasteiger partial charge is 0.376 e. The van der Waals surface area contributed by atoms with Crippen LogP contribution in [-0.2, 0) is 30.4 Å². The highest BCUT2D eigenvalue weighted by Gasteiger charge is 2.42. The standard InChI is InChI=1S/C12H9F9O9S3/c13-7(14)10(19)31(22,23)28-4-2-1-3-5(29-32(24,25)11(20)8(15)16)6(4)30-33(26,27)12(21)9(17)18/h1-3,7-12H. The fourth-order valence-corrected chi connectivity index (χ4v) is 3.78. The fourth-order valence-electron chi connectivity index (χ4n) is 1.59. The summed E-state index contributed by atoms with van der Waals surface area (Å²) < 4.78 is 195. The van der Waals surface area contributed by atoms with Gasteiger partial charge >= 0.3 is 30.4 Å². The zero-order valence-electron chi connectivity index (χ0n) is 15.0. The summed E-state index contributed by atoms with van der Waals surface area (Å²) in [6, 6.07) is 0.867. The van der Waals surface area contributed by atoms with E-state index in [9.17, 15) is 64.8 Å². The van der Waals surface area contributed by atoms with Gasteiger partial charge in [0.05, 0.1) is 0 Å². The van der Waals surface area contributed by atoms with Gasteiger partial charge in [0.2, 0.25) is 5.75 Å². The van der Waals surface area contributed by atoms with E-state index in [-0.39, 0.29) is 12.1 Å². The second-order valence-electron chi connectivity index (χ2n) is 5.37. The van der Waals surface area contributed by atoms with Crippen molar-refractivity contribution in [1.29, 1.82) is 0 Å². The van der Waals surface area contributed by atoms with Gasteiger partial charge in [-0.2, -0.15) is 25.3 Å². The van der Waals surface area contributed by atoms with E-state index in [0.717, 1.165) is 0 Å². The van der Waals surface area contributed by atoms with Crippen molar-refractivity contribution in [3.63, 3.8) is 0 Å². The zero-order valence-corrected chi connectivity index (χ0v) is 17.4. The Balaban J connectivity index is 3.66. The topological polar surface area (TPSA) is 130 Å². The smallest absolute Gasteiger partial charge is 0.348 e. The Hall–Kier alpha value is -2.16. The predicted molar refractivity (Wildman–Crippen MR) is 87.8 cm³/mol. The molecule has 0 aromatic heterocycles. The Morgan fingerprint density at radius 1 is 0.515 bits per heavy atom. The number of halogens is 9. The van der Waals surface area contributed by atoms with E-state index in [1.54, 1.807) is 0 Å². The summed E-state index contributed by atoms with van der Waals surface area (Å²) in [6.45, 7) is 0. The minimum atomic E-state index is -6.19. The van der Waals surface area contributed by atoms with E-state index < -0.39 is 83.4 Å². The Kier molecular flexibility index (Phi) is 9.10. The molecule has 0 saturated carbocycles. The van der Waals surface area contributed by atoms with E-state index >= 15 is 0 Å². The highest BCUT2D eigenvalue weighted by atomic mass is 32.2. The number of alkyl halides is 9. The van der Waals surface area contributed by atoms with Crippen LogP contribution in [-0.4, -0.2) is 61.0 Å². The number of para-hydroxylation sites is 1. The molecule has 1 rings (SSSR count). The molecular formula is C12H9F9O9S3. The molecule has 0 bridgehead atoms. The highest BCUT2D eigenvalue weighted by Crippen LogP contribution is 2.41. The lowest BCUT2D eigenvalue weighted by Crippen LogP contribution is -2.31. The van der Waals surface area contributed by atoms with Crippen LogP contribution in [0.5, 0.6) is 17.2 Å². The van der Waals surface area contributed by atoms with Crippen molar-refractivity contribution >= 4 is 30.4 Å². The second-order valence-corrected chi connectivity index (χ2v) is 10.2. The van der Waals surface area contributed by atoms with Crippen LogP contribution in [0.3, 0.4) is 0 Å².